The highest BCUT2D eigenvalue weighted by atomic mass is 15.1. The smallest absolute Gasteiger partial charge is 0.0714 e. The summed E-state index contributed by atoms with van der Waals surface area (Å²) in [6.45, 7) is 8.83. The first kappa shape index (κ1) is 28.1. The zero-order valence-corrected chi connectivity index (χ0v) is 26.9. The van der Waals surface area contributed by atoms with Crippen molar-refractivity contribution in [2.24, 2.45) is 0 Å². The molecule has 0 saturated carbocycles. The number of hydrogen-bond acceptors (Lipinski definition) is 1. The molecule has 1 aliphatic carbocycles. The van der Waals surface area contributed by atoms with E-state index in [4.69, 9.17) is 0 Å². The van der Waals surface area contributed by atoms with Crippen LogP contribution in [0, 0.1) is 27.7 Å². The SMILES string of the molecule is Cc1ccc(N(c2cccc(C)c2C)c2cc3c(c4ccccc24)-c2ccc(C)cc2C3(c2ccccc2)c2ccccc2)cc1. The lowest BCUT2D eigenvalue weighted by Crippen LogP contribution is -2.29. The second-order valence-electron chi connectivity index (χ2n) is 12.8. The van der Waals surface area contributed by atoms with Crippen LogP contribution < -0.4 is 4.90 Å². The van der Waals surface area contributed by atoms with Crippen LogP contribution in [0.2, 0.25) is 0 Å². The topological polar surface area (TPSA) is 3.24 Å². The minimum absolute atomic E-state index is 0.488. The largest absolute Gasteiger partial charge is 0.310 e. The third-order valence-electron chi connectivity index (χ3n) is 10.0. The maximum absolute atomic E-state index is 2.51. The molecule has 46 heavy (non-hydrogen) atoms. The van der Waals surface area contributed by atoms with Crippen LogP contribution >= 0.6 is 0 Å². The van der Waals surface area contributed by atoms with Crippen LogP contribution in [0.1, 0.15) is 44.5 Å². The van der Waals surface area contributed by atoms with Gasteiger partial charge in [-0.3, -0.25) is 0 Å². The lowest BCUT2D eigenvalue weighted by molar-refractivity contribution is 0.768. The van der Waals surface area contributed by atoms with Crippen LogP contribution in [0.5, 0.6) is 0 Å². The summed E-state index contributed by atoms with van der Waals surface area (Å²) >= 11 is 0. The second kappa shape index (κ2) is 10.9. The van der Waals surface area contributed by atoms with E-state index < -0.39 is 5.41 Å². The zero-order chi connectivity index (χ0) is 31.4. The van der Waals surface area contributed by atoms with Crippen LogP contribution in [0.3, 0.4) is 0 Å². The molecule has 0 bridgehead atoms. The van der Waals surface area contributed by atoms with Gasteiger partial charge in [0.15, 0.2) is 0 Å². The van der Waals surface area contributed by atoms with Gasteiger partial charge < -0.3 is 4.90 Å². The van der Waals surface area contributed by atoms with Gasteiger partial charge in [0.05, 0.1) is 11.1 Å². The van der Waals surface area contributed by atoms with Gasteiger partial charge in [-0.15, -0.1) is 0 Å². The number of aryl methyl sites for hydroxylation is 3. The van der Waals surface area contributed by atoms with Crippen LogP contribution in [-0.4, -0.2) is 0 Å². The van der Waals surface area contributed by atoms with Crippen molar-refractivity contribution < 1.29 is 0 Å². The number of nitrogens with zero attached hydrogens (tertiary/aromatic N) is 1. The molecule has 0 heterocycles. The summed E-state index contributed by atoms with van der Waals surface area (Å²) in [5.41, 5.74) is 16.0. The standard InChI is InChI=1S/C45H37N/c1-30-22-25-36(26-23-30)46(42-21-13-14-32(3)33(42)4)43-29-41-44(38-20-12-11-19-37(38)43)39-27-24-31(2)28-40(39)45(41,34-15-7-5-8-16-34)35-17-9-6-10-18-35/h5-29H,1-4H3. The van der Waals surface area contributed by atoms with Crippen molar-refractivity contribution in [1.82, 2.24) is 0 Å². The molecule has 0 atom stereocenters. The molecule has 0 aromatic heterocycles. The van der Waals surface area contributed by atoms with Crippen molar-refractivity contribution in [2.75, 3.05) is 4.90 Å². The molecule has 0 saturated heterocycles. The lowest BCUT2D eigenvalue weighted by atomic mass is 9.67. The Hall–Kier alpha value is -5.40. The Bertz CT molecular complexity index is 2190. The molecular weight excluding hydrogens is 555 g/mol. The summed E-state index contributed by atoms with van der Waals surface area (Å²) < 4.78 is 0. The van der Waals surface area contributed by atoms with E-state index in [0.717, 1.165) is 5.69 Å². The van der Waals surface area contributed by atoms with E-state index in [-0.39, 0.29) is 0 Å². The van der Waals surface area contributed by atoms with Crippen molar-refractivity contribution in [3.05, 3.63) is 196 Å². The van der Waals surface area contributed by atoms with E-state index in [2.05, 4.69) is 184 Å². The molecule has 0 unspecified atom stereocenters. The van der Waals surface area contributed by atoms with Crippen LogP contribution in [-0.2, 0) is 5.41 Å². The minimum Gasteiger partial charge on any atom is -0.310 e. The summed E-state index contributed by atoms with van der Waals surface area (Å²) in [6.07, 6.45) is 0. The third-order valence-corrected chi connectivity index (χ3v) is 10.0. The Morgan fingerprint density at radius 3 is 1.74 bits per heavy atom. The van der Waals surface area contributed by atoms with Gasteiger partial charge in [0.25, 0.3) is 0 Å². The molecule has 0 aliphatic heterocycles. The Kier molecular flexibility index (Phi) is 6.65. The molecule has 0 radical (unpaired) electrons. The summed E-state index contributed by atoms with van der Waals surface area (Å²) in [4.78, 5) is 2.49. The van der Waals surface area contributed by atoms with Gasteiger partial charge >= 0.3 is 0 Å². The number of benzene rings is 7. The molecule has 0 spiro atoms. The molecule has 0 amide bonds. The van der Waals surface area contributed by atoms with E-state index in [1.54, 1.807) is 0 Å². The number of fused-ring (bicyclic) bond motifs is 5. The van der Waals surface area contributed by atoms with Crippen molar-refractivity contribution in [2.45, 2.75) is 33.1 Å². The van der Waals surface area contributed by atoms with Crippen LogP contribution in [0.15, 0.2) is 152 Å². The number of hydrogen-bond donors (Lipinski definition) is 0. The minimum atomic E-state index is -0.488. The fraction of sp³-hybridized carbons (Fsp3) is 0.111. The molecule has 7 aromatic carbocycles. The predicted octanol–water partition coefficient (Wildman–Crippen LogP) is 11.9. The van der Waals surface area contributed by atoms with Gasteiger partial charge in [-0.25, -0.2) is 0 Å². The first-order valence-corrected chi connectivity index (χ1v) is 16.2. The number of anilines is 3. The van der Waals surface area contributed by atoms with Crippen LogP contribution in [0.25, 0.3) is 21.9 Å². The van der Waals surface area contributed by atoms with Gasteiger partial charge in [-0.05, 0) is 102 Å². The zero-order valence-electron chi connectivity index (χ0n) is 26.9. The summed E-state index contributed by atoms with van der Waals surface area (Å²) in [6, 6.07) is 56.4. The monoisotopic (exact) mass is 591 g/mol. The van der Waals surface area contributed by atoms with Gasteiger partial charge in [-0.1, -0.05) is 139 Å². The molecule has 0 N–H and O–H groups in total. The molecule has 1 nitrogen and oxygen atoms in total. The van der Waals surface area contributed by atoms with Crippen molar-refractivity contribution in [1.29, 1.82) is 0 Å². The molecular formula is C45H37N. The molecule has 8 rings (SSSR count). The molecule has 1 heteroatoms. The number of rotatable bonds is 5. The first-order valence-electron chi connectivity index (χ1n) is 16.2. The van der Waals surface area contributed by atoms with Crippen LogP contribution in [0.4, 0.5) is 17.1 Å². The molecule has 0 fully saturated rings. The lowest BCUT2D eigenvalue weighted by Gasteiger charge is -2.35. The average molecular weight is 592 g/mol. The maximum Gasteiger partial charge on any atom is 0.0714 e. The predicted molar refractivity (Wildman–Crippen MR) is 195 cm³/mol. The van der Waals surface area contributed by atoms with E-state index in [9.17, 15) is 0 Å². The van der Waals surface area contributed by atoms with E-state index in [0.29, 0.717) is 0 Å². The van der Waals surface area contributed by atoms with Gasteiger partial charge in [-0.2, -0.15) is 0 Å². The fourth-order valence-electron chi connectivity index (χ4n) is 7.70. The van der Waals surface area contributed by atoms with Crippen molar-refractivity contribution in [3.63, 3.8) is 0 Å². The maximum atomic E-state index is 2.51. The normalized spacial score (nSPS) is 13.0. The van der Waals surface area contributed by atoms with E-state index >= 15 is 0 Å². The van der Waals surface area contributed by atoms with Gasteiger partial charge in [0.2, 0.25) is 0 Å². The van der Waals surface area contributed by atoms with Gasteiger partial charge in [0, 0.05) is 16.8 Å². The van der Waals surface area contributed by atoms with Crippen molar-refractivity contribution >= 4 is 27.8 Å². The fourth-order valence-corrected chi connectivity index (χ4v) is 7.70. The quantitative estimate of drug-likeness (QED) is 0.192. The highest BCUT2D eigenvalue weighted by molar-refractivity contribution is 6.11. The third kappa shape index (κ3) is 4.16. The Balaban J connectivity index is 1.56. The molecule has 1 aliphatic rings. The first-order chi connectivity index (χ1) is 22.5. The van der Waals surface area contributed by atoms with E-state index in [1.807, 2.05) is 0 Å². The average Bonchev–Trinajstić information content (AvgIpc) is 3.38. The van der Waals surface area contributed by atoms with Crippen molar-refractivity contribution in [3.8, 4) is 11.1 Å². The summed E-state index contributed by atoms with van der Waals surface area (Å²) in [7, 11) is 0. The Labute approximate surface area is 272 Å². The summed E-state index contributed by atoms with van der Waals surface area (Å²) in [5.74, 6) is 0. The Morgan fingerprint density at radius 1 is 0.457 bits per heavy atom. The van der Waals surface area contributed by atoms with E-state index in [1.165, 1.54) is 77.8 Å². The Morgan fingerprint density at radius 2 is 1.07 bits per heavy atom. The highest BCUT2D eigenvalue weighted by Gasteiger charge is 2.47. The second-order valence-corrected chi connectivity index (χ2v) is 12.8. The summed E-state index contributed by atoms with van der Waals surface area (Å²) in [5, 5.41) is 2.52. The van der Waals surface area contributed by atoms with Gasteiger partial charge in [0.1, 0.15) is 0 Å². The highest BCUT2D eigenvalue weighted by Crippen LogP contribution is 2.60. The molecule has 7 aromatic rings. The molecule has 222 valence electrons.